The summed E-state index contributed by atoms with van der Waals surface area (Å²) in [5.74, 6) is 0.0860. The van der Waals surface area contributed by atoms with Crippen LogP contribution < -0.4 is 5.32 Å². The van der Waals surface area contributed by atoms with Gasteiger partial charge in [0.1, 0.15) is 0 Å². The smallest absolute Gasteiger partial charge is 0.222 e. The van der Waals surface area contributed by atoms with Gasteiger partial charge in [0.2, 0.25) is 5.91 Å². The number of carbonyl (C=O) groups excluding carboxylic acids is 1. The number of carbonyl (C=O) groups is 1. The molecular weight excluding hydrogens is 320 g/mol. The van der Waals surface area contributed by atoms with Crippen LogP contribution in [0.5, 0.6) is 0 Å². The number of ether oxygens (including phenoxy) is 1. The maximum Gasteiger partial charge on any atom is 0.222 e. The van der Waals surface area contributed by atoms with Crippen molar-refractivity contribution >= 4 is 5.91 Å². The summed E-state index contributed by atoms with van der Waals surface area (Å²) in [6.45, 7) is 9.31. The van der Waals surface area contributed by atoms with Gasteiger partial charge in [0, 0.05) is 50.4 Å². The van der Waals surface area contributed by atoms with E-state index < -0.39 is 0 Å². The van der Waals surface area contributed by atoms with Gasteiger partial charge in [-0.2, -0.15) is 5.10 Å². The van der Waals surface area contributed by atoms with Crippen LogP contribution >= 0.6 is 0 Å². The minimum Gasteiger partial charge on any atom is -0.396 e. The maximum absolute atomic E-state index is 12.3. The number of nitrogens with zero attached hydrogens (tertiary/aromatic N) is 3. The first kappa shape index (κ1) is 18.4. The van der Waals surface area contributed by atoms with Gasteiger partial charge in [0.15, 0.2) is 0 Å². The average molecular weight is 350 g/mol. The Morgan fingerprint density at radius 2 is 2.16 bits per heavy atom. The molecule has 0 unspecified atom stereocenters. The predicted molar refractivity (Wildman–Crippen MR) is 94.4 cm³/mol. The molecule has 2 aliphatic heterocycles. The number of rotatable bonds is 6. The molecule has 2 fully saturated rings. The topological polar surface area (TPSA) is 79.6 Å². The fourth-order valence-electron chi connectivity index (χ4n) is 3.88. The normalized spacial score (nSPS) is 26.6. The van der Waals surface area contributed by atoms with Crippen LogP contribution in [0.4, 0.5) is 0 Å². The van der Waals surface area contributed by atoms with E-state index in [9.17, 15) is 4.79 Å². The van der Waals surface area contributed by atoms with Gasteiger partial charge in [0.05, 0.1) is 18.4 Å². The molecule has 3 heterocycles. The predicted octanol–water partition coefficient (Wildman–Crippen LogP) is 0.539. The van der Waals surface area contributed by atoms with Crippen LogP contribution in [0.3, 0.4) is 0 Å². The summed E-state index contributed by atoms with van der Waals surface area (Å²) in [6.07, 6.45) is 2.19. The second-order valence-electron chi connectivity index (χ2n) is 7.34. The Hall–Kier alpha value is -1.44. The molecule has 0 saturated carbocycles. The Morgan fingerprint density at radius 3 is 2.84 bits per heavy atom. The first-order chi connectivity index (χ1) is 12.0. The first-order valence-electron chi connectivity index (χ1n) is 9.24. The summed E-state index contributed by atoms with van der Waals surface area (Å²) in [6, 6.07) is 0.579. The van der Waals surface area contributed by atoms with Crippen LogP contribution in [0.1, 0.15) is 36.2 Å². The Balaban J connectivity index is 1.45. The number of hydrogen-bond donors (Lipinski definition) is 2. The Bertz CT molecular complexity index is 616. The highest BCUT2D eigenvalue weighted by molar-refractivity contribution is 5.76. The highest BCUT2D eigenvalue weighted by Crippen LogP contribution is 2.24. The Kier molecular flexibility index (Phi) is 5.76. The summed E-state index contributed by atoms with van der Waals surface area (Å²) >= 11 is 0. The number of hydrogen-bond acceptors (Lipinski definition) is 5. The number of aliphatic hydroxyl groups is 1. The highest BCUT2D eigenvalue weighted by Gasteiger charge is 2.37. The van der Waals surface area contributed by atoms with Gasteiger partial charge in [-0.1, -0.05) is 0 Å². The molecule has 3 rings (SSSR count). The van der Waals surface area contributed by atoms with Crippen LogP contribution in [-0.2, 0) is 16.1 Å². The molecule has 25 heavy (non-hydrogen) atoms. The largest absolute Gasteiger partial charge is 0.396 e. The molecule has 0 bridgehead atoms. The van der Waals surface area contributed by atoms with Gasteiger partial charge in [-0.25, -0.2) is 0 Å². The Labute approximate surface area is 149 Å². The van der Waals surface area contributed by atoms with Crippen LogP contribution in [0.2, 0.25) is 0 Å². The second kappa shape index (κ2) is 7.85. The van der Waals surface area contributed by atoms with Gasteiger partial charge in [-0.15, -0.1) is 0 Å². The lowest BCUT2D eigenvalue weighted by molar-refractivity contribution is -0.122. The zero-order valence-corrected chi connectivity index (χ0v) is 15.5. The number of amides is 1. The Morgan fingerprint density at radius 1 is 1.36 bits per heavy atom. The fraction of sp³-hybridized carbons (Fsp3) is 0.778. The zero-order valence-electron chi connectivity index (χ0n) is 15.5. The quantitative estimate of drug-likeness (QED) is 0.783. The number of aromatic nitrogens is 2. The van der Waals surface area contributed by atoms with Crippen molar-refractivity contribution in [1.29, 1.82) is 0 Å². The number of aliphatic hydroxyl groups excluding tert-OH is 1. The summed E-state index contributed by atoms with van der Waals surface area (Å²) in [4.78, 5) is 14.7. The van der Waals surface area contributed by atoms with E-state index in [0.717, 1.165) is 30.9 Å². The van der Waals surface area contributed by atoms with E-state index in [2.05, 4.69) is 22.2 Å². The molecule has 140 valence electrons. The van der Waals surface area contributed by atoms with Crippen LogP contribution in [-0.4, -0.2) is 70.2 Å². The van der Waals surface area contributed by atoms with Crippen molar-refractivity contribution in [1.82, 2.24) is 20.0 Å². The molecule has 0 radical (unpaired) electrons. The number of morpholine rings is 1. The molecular formula is C18H30N4O3. The minimum absolute atomic E-state index is 0.0860. The first-order valence-corrected chi connectivity index (χ1v) is 9.24. The molecule has 2 N–H and O–H groups in total. The molecule has 2 aliphatic rings. The van der Waals surface area contributed by atoms with Crippen LogP contribution in [0.25, 0.3) is 0 Å². The molecule has 3 atom stereocenters. The third-order valence-electron chi connectivity index (χ3n) is 5.60. The number of fused-ring (bicyclic) bond motifs is 1. The molecule has 2 saturated heterocycles. The van der Waals surface area contributed by atoms with E-state index in [4.69, 9.17) is 9.84 Å². The highest BCUT2D eigenvalue weighted by atomic mass is 16.5. The second-order valence-corrected chi connectivity index (χ2v) is 7.34. The van der Waals surface area contributed by atoms with Crippen molar-refractivity contribution in [3.05, 3.63) is 17.0 Å². The minimum atomic E-state index is 0.0860. The van der Waals surface area contributed by atoms with E-state index in [0.29, 0.717) is 32.0 Å². The van der Waals surface area contributed by atoms with Crippen molar-refractivity contribution in [2.24, 2.45) is 0 Å². The van der Waals surface area contributed by atoms with Gasteiger partial charge < -0.3 is 15.2 Å². The third kappa shape index (κ3) is 4.22. The fourth-order valence-corrected chi connectivity index (χ4v) is 3.88. The summed E-state index contributed by atoms with van der Waals surface area (Å²) in [5.41, 5.74) is 3.36. The van der Waals surface area contributed by atoms with Crippen molar-refractivity contribution in [2.45, 2.75) is 64.8 Å². The van der Waals surface area contributed by atoms with E-state index in [1.54, 1.807) is 0 Å². The van der Waals surface area contributed by atoms with Crippen molar-refractivity contribution < 1.29 is 14.6 Å². The van der Waals surface area contributed by atoms with Crippen LogP contribution in [0, 0.1) is 20.8 Å². The van der Waals surface area contributed by atoms with Gasteiger partial charge >= 0.3 is 0 Å². The standard InChI is InChI=1S/C18H30N4O3/c1-12-13(2)20-22(14(12)3)6-4-18(24)19-15-8-16-11-25-17(5-7-23)10-21(16)9-15/h15-17,23H,4-11H2,1-3H3,(H,19,24)/t15-,16-,17-/m0/s1. The third-order valence-corrected chi connectivity index (χ3v) is 5.60. The van der Waals surface area contributed by atoms with Crippen molar-refractivity contribution in [3.8, 4) is 0 Å². The zero-order chi connectivity index (χ0) is 18.0. The molecule has 7 nitrogen and oxygen atoms in total. The number of aryl methyl sites for hydroxylation is 2. The lowest BCUT2D eigenvalue weighted by Crippen LogP contribution is -2.46. The van der Waals surface area contributed by atoms with Gasteiger partial charge in [0.25, 0.3) is 0 Å². The van der Waals surface area contributed by atoms with E-state index in [1.807, 2.05) is 18.5 Å². The maximum atomic E-state index is 12.3. The molecule has 1 amide bonds. The lowest BCUT2D eigenvalue weighted by Gasteiger charge is -2.34. The van der Waals surface area contributed by atoms with Crippen LogP contribution in [0.15, 0.2) is 0 Å². The molecule has 0 aromatic carbocycles. The molecule has 1 aromatic heterocycles. The summed E-state index contributed by atoms with van der Waals surface area (Å²) in [5, 5.41) is 16.7. The molecule has 0 aliphatic carbocycles. The average Bonchev–Trinajstić information content (AvgIpc) is 3.08. The monoisotopic (exact) mass is 350 g/mol. The molecule has 1 aromatic rings. The van der Waals surface area contributed by atoms with Gasteiger partial charge in [-0.3, -0.25) is 14.4 Å². The molecule has 7 heteroatoms. The van der Waals surface area contributed by atoms with Crippen molar-refractivity contribution in [3.63, 3.8) is 0 Å². The van der Waals surface area contributed by atoms with Gasteiger partial charge in [-0.05, 0) is 39.2 Å². The summed E-state index contributed by atoms with van der Waals surface area (Å²) in [7, 11) is 0. The molecule has 0 spiro atoms. The van der Waals surface area contributed by atoms with E-state index >= 15 is 0 Å². The van der Waals surface area contributed by atoms with E-state index in [-0.39, 0.29) is 24.7 Å². The lowest BCUT2D eigenvalue weighted by atomic mass is 10.1. The summed E-state index contributed by atoms with van der Waals surface area (Å²) < 4.78 is 7.72. The van der Waals surface area contributed by atoms with E-state index in [1.165, 1.54) is 5.56 Å². The number of nitrogens with one attached hydrogen (secondary N) is 1. The van der Waals surface area contributed by atoms with Crippen molar-refractivity contribution in [2.75, 3.05) is 26.3 Å². The SMILES string of the molecule is Cc1nn(CCC(=O)N[C@H]2C[C@H]3CO[C@@H](CCO)CN3C2)c(C)c1C.